The minimum absolute atomic E-state index is 0.0288. The molecule has 146 valence electrons. The van der Waals surface area contributed by atoms with Gasteiger partial charge >= 0.3 is 0 Å². The van der Waals surface area contributed by atoms with Gasteiger partial charge in [0.05, 0.1) is 22.5 Å². The predicted octanol–water partition coefficient (Wildman–Crippen LogP) is 5.26. The fraction of sp³-hybridized carbons (Fsp3) is 0.0455. The number of nitro benzene ring substituents is 1. The maximum Gasteiger partial charge on any atom is 0.269 e. The van der Waals surface area contributed by atoms with Gasteiger partial charge < -0.3 is 4.57 Å². The number of hydrogen-bond acceptors (Lipinski definition) is 5. The van der Waals surface area contributed by atoms with Crippen LogP contribution in [0.4, 0.5) is 5.69 Å². The zero-order valence-electron chi connectivity index (χ0n) is 15.6. The molecule has 0 bridgehead atoms. The average Bonchev–Trinajstić information content (AvgIpc) is 3.11. The van der Waals surface area contributed by atoms with Crippen LogP contribution in [0.2, 0.25) is 5.02 Å². The van der Waals surface area contributed by atoms with Gasteiger partial charge in [0, 0.05) is 22.7 Å². The Bertz CT molecular complexity index is 1400. The van der Waals surface area contributed by atoms with E-state index in [0.717, 1.165) is 22.2 Å². The van der Waals surface area contributed by atoms with E-state index >= 15 is 0 Å². The van der Waals surface area contributed by atoms with Gasteiger partial charge in [-0.25, -0.2) is 15.0 Å². The maximum absolute atomic E-state index is 11.0. The monoisotopic (exact) mass is 415 g/mol. The first kappa shape index (κ1) is 18.2. The quantitative estimate of drug-likeness (QED) is 0.295. The van der Waals surface area contributed by atoms with Crippen molar-refractivity contribution in [3.05, 3.63) is 93.5 Å². The lowest BCUT2D eigenvalue weighted by atomic mass is 10.2. The van der Waals surface area contributed by atoms with Crippen molar-refractivity contribution in [2.75, 3.05) is 0 Å². The largest absolute Gasteiger partial charge is 0.303 e. The minimum Gasteiger partial charge on any atom is -0.303 e. The minimum atomic E-state index is -0.420. The molecule has 7 nitrogen and oxygen atoms in total. The van der Waals surface area contributed by atoms with E-state index < -0.39 is 4.92 Å². The number of aromatic nitrogens is 4. The van der Waals surface area contributed by atoms with Gasteiger partial charge in [0.2, 0.25) is 0 Å². The number of para-hydroxylation sites is 2. The standard InChI is InChI=1S/C22H14ClN5O2/c23-16-9-5-14(6-10-16)13-27-21(15-7-11-17(12-8-15)28(29)30)26-20-22(27)25-19-4-2-1-3-18(19)24-20/h1-12H,13H2. The zero-order valence-corrected chi connectivity index (χ0v) is 16.3. The summed E-state index contributed by atoms with van der Waals surface area (Å²) in [5.74, 6) is 0.644. The second kappa shape index (κ2) is 7.20. The molecule has 0 amide bonds. The van der Waals surface area contributed by atoms with E-state index in [1.165, 1.54) is 12.1 Å². The molecule has 0 atom stereocenters. The highest BCUT2D eigenvalue weighted by atomic mass is 35.5. The van der Waals surface area contributed by atoms with Crippen LogP contribution in [0.5, 0.6) is 0 Å². The molecule has 5 rings (SSSR count). The number of nitro groups is 1. The Morgan fingerprint density at radius 3 is 2.20 bits per heavy atom. The average molecular weight is 416 g/mol. The van der Waals surface area contributed by atoms with E-state index in [1.54, 1.807) is 12.1 Å². The summed E-state index contributed by atoms with van der Waals surface area (Å²) in [6, 6.07) is 21.5. The Morgan fingerprint density at radius 2 is 1.53 bits per heavy atom. The fourth-order valence-electron chi connectivity index (χ4n) is 3.37. The van der Waals surface area contributed by atoms with E-state index in [4.69, 9.17) is 21.6 Å². The number of hydrogen-bond donors (Lipinski definition) is 0. The number of fused-ring (bicyclic) bond motifs is 2. The van der Waals surface area contributed by atoms with Gasteiger partial charge in [-0.05, 0) is 42.0 Å². The van der Waals surface area contributed by atoms with Crippen molar-refractivity contribution in [2.24, 2.45) is 0 Å². The Hall–Kier alpha value is -3.84. The van der Waals surface area contributed by atoms with E-state index in [2.05, 4.69) is 4.98 Å². The Balaban J connectivity index is 1.71. The molecule has 2 heterocycles. The van der Waals surface area contributed by atoms with Crippen molar-refractivity contribution >= 4 is 39.6 Å². The lowest BCUT2D eigenvalue weighted by Gasteiger charge is -2.09. The second-order valence-electron chi connectivity index (χ2n) is 6.81. The van der Waals surface area contributed by atoms with Gasteiger partial charge in [0.1, 0.15) is 5.82 Å². The third-order valence-electron chi connectivity index (χ3n) is 4.85. The van der Waals surface area contributed by atoms with Crippen LogP contribution >= 0.6 is 11.6 Å². The van der Waals surface area contributed by atoms with Crippen molar-refractivity contribution in [3.8, 4) is 11.4 Å². The first-order chi connectivity index (χ1) is 14.6. The van der Waals surface area contributed by atoms with Gasteiger partial charge in [0.15, 0.2) is 11.3 Å². The summed E-state index contributed by atoms with van der Waals surface area (Å²) in [4.78, 5) is 24.8. The zero-order chi connectivity index (χ0) is 20.7. The molecule has 0 unspecified atom stereocenters. The highest BCUT2D eigenvalue weighted by Gasteiger charge is 2.17. The van der Waals surface area contributed by atoms with Crippen LogP contribution < -0.4 is 0 Å². The van der Waals surface area contributed by atoms with Crippen LogP contribution in [0.25, 0.3) is 33.7 Å². The smallest absolute Gasteiger partial charge is 0.269 e. The first-order valence-corrected chi connectivity index (χ1v) is 9.58. The Kier molecular flexibility index (Phi) is 4.37. The second-order valence-corrected chi connectivity index (χ2v) is 7.25. The molecule has 30 heavy (non-hydrogen) atoms. The molecule has 0 aliphatic heterocycles. The number of halogens is 1. The number of non-ortho nitro benzene ring substituents is 1. The van der Waals surface area contributed by atoms with Crippen molar-refractivity contribution in [3.63, 3.8) is 0 Å². The molecule has 0 aliphatic carbocycles. The van der Waals surface area contributed by atoms with E-state index in [9.17, 15) is 10.1 Å². The lowest BCUT2D eigenvalue weighted by Crippen LogP contribution is -2.03. The highest BCUT2D eigenvalue weighted by Crippen LogP contribution is 2.27. The number of imidazole rings is 1. The van der Waals surface area contributed by atoms with Crippen molar-refractivity contribution in [1.29, 1.82) is 0 Å². The fourth-order valence-corrected chi connectivity index (χ4v) is 3.50. The van der Waals surface area contributed by atoms with Gasteiger partial charge in [-0.1, -0.05) is 35.9 Å². The van der Waals surface area contributed by atoms with Gasteiger partial charge in [-0.15, -0.1) is 0 Å². The van der Waals surface area contributed by atoms with E-state index in [-0.39, 0.29) is 5.69 Å². The molecule has 0 spiro atoms. The van der Waals surface area contributed by atoms with Crippen LogP contribution in [0.3, 0.4) is 0 Å². The molecule has 3 aromatic carbocycles. The summed E-state index contributed by atoms with van der Waals surface area (Å²) in [6.07, 6.45) is 0. The lowest BCUT2D eigenvalue weighted by molar-refractivity contribution is -0.384. The third-order valence-corrected chi connectivity index (χ3v) is 5.10. The van der Waals surface area contributed by atoms with Gasteiger partial charge in [-0.2, -0.15) is 0 Å². The first-order valence-electron chi connectivity index (χ1n) is 9.21. The van der Waals surface area contributed by atoms with Gasteiger partial charge in [-0.3, -0.25) is 10.1 Å². The predicted molar refractivity (Wildman–Crippen MR) is 115 cm³/mol. The maximum atomic E-state index is 11.0. The summed E-state index contributed by atoms with van der Waals surface area (Å²) >= 11 is 6.02. The van der Waals surface area contributed by atoms with Crippen LogP contribution in [0.15, 0.2) is 72.8 Å². The molecule has 2 aromatic heterocycles. The SMILES string of the molecule is O=[N+]([O-])c1ccc(-c2nc3nc4ccccc4nc3n2Cc2ccc(Cl)cc2)cc1. The number of nitrogens with zero attached hydrogens (tertiary/aromatic N) is 5. The van der Waals surface area contributed by atoms with Crippen LogP contribution in [-0.2, 0) is 6.54 Å². The molecule has 0 aliphatic rings. The molecule has 0 fully saturated rings. The highest BCUT2D eigenvalue weighted by molar-refractivity contribution is 6.30. The van der Waals surface area contributed by atoms with Crippen LogP contribution in [0.1, 0.15) is 5.56 Å². The summed E-state index contributed by atoms with van der Waals surface area (Å²) < 4.78 is 1.97. The molecular formula is C22H14ClN5O2. The molecule has 0 saturated carbocycles. The Labute approximate surface area is 175 Å². The molecular weight excluding hydrogens is 402 g/mol. The molecule has 5 aromatic rings. The molecule has 8 heteroatoms. The third kappa shape index (κ3) is 3.25. The van der Waals surface area contributed by atoms with E-state index in [1.807, 2.05) is 53.1 Å². The van der Waals surface area contributed by atoms with Crippen molar-refractivity contribution in [2.45, 2.75) is 6.54 Å². The van der Waals surface area contributed by atoms with Crippen LogP contribution in [0, 0.1) is 10.1 Å². The molecule has 0 N–H and O–H groups in total. The van der Waals surface area contributed by atoms with Crippen molar-refractivity contribution in [1.82, 2.24) is 19.5 Å². The molecule has 0 saturated heterocycles. The van der Waals surface area contributed by atoms with Crippen molar-refractivity contribution < 1.29 is 4.92 Å². The normalized spacial score (nSPS) is 11.2. The number of benzene rings is 3. The summed E-state index contributed by atoms with van der Waals surface area (Å²) in [7, 11) is 0. The summed E-state index contributed by atoms with van der Waals surface area (Å²) in [5, 5.41) is 11.7. The van der Waals surface area contributed by atoms with Gasteiger partial charge in [0.25, 0.3) is 5.69 Å². The topological polar surface area (TPSA) is 86.7 Å². The van der Waals surface area contributed by atoms with Crippen LogP contribution in [-0.4, -0.2) is 24.4 Å². The number of rotatable bonds is 4. The Morgan fingerprint density at radius 1 is 0.867 bits per heavy atom. The molecule has 0 radical (unpaired) electrons. The summed E-state index contributed by atoms with van der Waals surface area (Å²) in [6.45, 7) is 0.507. The summed E-state index contributed by atoms with van der Waals surface area (Å²) in [5.41, 5.74) is 4.51. The van der Waals surface area contributed by atoms with E-state index in [0.29, 0.717) is 28.7 Å².